The van der Waals surface area contributed by atoms with Crippen LogP contribution in [0.15, 0.2) is 29.8 Å². The van der Waals surface area contributed by atoms with E-state index in [4.69, 9.17) is 17.3 Å². The number of anilines is 1. The van der Waals surface area contributed by atoms with Crippen molar-refractivity contribution in [1.29, 1.82) is 0 Å². The topological polar surface area (TPSA) is 46.3 Å². The second-order valence-corrected chi connectivity index (χ2v) is 4.03. The molecule has 2 rings (SSSR count). The lowest BCUT2D eigenvalue weighted by Gasteiger charge is -2.27. The van der Waals surface area contributed by atoms with Crippen molar-refractivity contribution in [2.45, 2.75) is 6.42 Å². The van der Waals surface area contributed by atoms with Crippen LogP contribution in [0.1, 0.15) is 15.9 Å². The zero-order valence-corrected chi connectivity index (χ0v) is 9.57. The number of hydrogen-bond acceptors (Lipinski definition) is 2. The van der Waals surface area contributed by atoms with E-state index in [1.54, 1.807) is 17.0 Å². The molecule has 1 amide bonds. The highest BCUT2D eigenvalue weighted by Gasteiger charge is 2.23. The number of halogens is 1. The Morgan fingerprint density at radius 2 is 2.31 bits per heavy atom. The molecule has 0 aliphatic carbocycles. The Balaban J connectivity index is 2.27. The number of hydrogen-bond donors (Lipinski definition) is 1. The van der Waals surface area contributed by atoms with Crippen LogP contribution in [0.3, 0.4) is 0 Å². The highest BCUT2D eigenvalue weighted by Crippen LogP contribution is 2.21. The van der Waals surface area contributed by atoms with Gasteiger partial charge in [-0.05, 0) is 24.1 Å². The van der Waals surface area contributed by atoms with Gasteiger partial charge in [-0.25, -0.2) is 0 Å². The van der Waals surface area contributed by atoms with Gasteiger partial charge in [-0.3, -0.25) is 4.79 Å². The quantitative estimate of drug-likeness (QED) is 0.799. The van der Waals surface area contributed by atoms with Crippen LogP contribution in [0.2, 0.25) is 0 Å². The van der Waals surface area contributed by atoms with Gasteiger partial charge in [0, 0.05) is 29.9 Å². The third kappa shape index (κ3) is 2.04. The Bertz CT molecular complexity index is 443. The molecule has 0 saturated carbocycles. The van der Waals surface area contributed by atoms with E-state index in [1.807, 2.05) is 12.1 Å². The molecule has 1 aromatic rings. The Morgan fingerprint density at radius 3 is 3.06 bits per heavy atom. The van der Waals surface area contributed by atoms with Crippen molar-refractivity contribution in [3.05, 3.63) is 40.9 Å². The molecule has 1 heterocycles. The van der Waals surface area contributed by atoms with Crippen LogP contribution in [0.4, 0.5) is 5.69 Å². The second kappa shape index (κ2) is 4.58. The number of rotatable bonds is 2. The summed E-state index contributed by atoms with van der Waals surface area (Å²) in [6.45, 7) is 1.29. The normalized spacial score (nSPS) is 15.6. The molecule has 1 aliphatic heterocycles. The molecule has 4 heteroatoms. The minimum atomic E-state index is 0.0308. The largest absolute Gasteiger partial charge is 0.399 e. The molecule has 0 atom stereocenters. The number of carbonyl (C=O) groups excluding carboxylic acids is 1. The van der Waals surface area contributed by atoms with Gasteiger partial charge in [0.05, 0.1) is 0 Å². The van der Waals surface area contributed by atoms with Crippen LogP contribution in [-0.4, -0.2) is 23.9 Å². The first-order valence-electron chi connectivity index (χ1n) is 5.15. The average Bonchev–Trinajstić information content (AvgIpc) is 2.29. The Hall–Kier alpha value is -1.48. The molecule has 0 bridgehead atoms. The molecule has 16 heavy (non-hydrogen) atoms. The monoisotopic (exact) mass is 236 g/mol. The fourth-order valence-electron chi connectivity index (χ4n) is 1.88. The fraction of sp³-hybridized carbons (Fsp3) is 0.250. The molecular formula is C12H13ClN2O. The van der Waals surface area contributed by atoms with Gasteiger partial charge in [0.15, 0.2) is 0 Å². The van der Waals surface area contributed by atoms with Crippen LogP contribution in [0.25, 0.3) is 0 Å². The summed E-state index contributed by atoms with van der Waals surface area (Å²) >= 11 is 5.46. The summed E-state index contributed by atoms with van der Waals surface area (Å²) in [5.74, 6) is 0.0308. The molecule has 0 spiro atoms. The molecule has 0 saturated heterocycles. The predicted molar refractivity (Wildman–Crippen MR) is 65.5 cm³/mol. The lowest BCUT2D eigenvalue weighted by Crippen LogP contribution is -2.37. The van der Waals surface area contributed by atoms with Gasteiger partial charge in [-0.1, -0.05) is 23.7 Å². The van der Waals surface area contributed by atoms with E-state index in [1.165, 1.54) is 5.54 Å². The van der Waals surface area contributed by atoms with Crippen molar-refractivity contribution in [2.24, 2.45) is 0 Å². The van der Waals surface area contributed by atoms with Crippen molar-refractivity contribution in [2.75, 3.05) is 18.8 Å². The summed E-state index contributed by atoms with van der Waals surface area (Å²) in [5.41, 5.74) is 9.53. The van der Waals surface area contributed by atoms with E-state index in [-0.39, 0.29) is 5.91 Å². The van der Waals surface area contributed by atoms with Crippen LogP contribution >= 0.6 is 11.6 Å². The molecule has 1 aliphatic rings. The zero-order valence-electron chi connectivity index (χ0n) is 8.82. The molecular weight excluding hydrogens is 224 g/mol. The number of benzene rings is 1. The van der Waals surface area contributed by atoms with E-state index in [0.29, 0.717) is 17.8 Å². The van der Waals surface area contributed by atoms with E-state index >= 15 is 0 Å². The number of amides is 1. The highest BCUT2D eigenvalue weighted by molar-refractivity contribution is 6.25. The summed E-state index contributed by atoms with van der Waals surface area (Å²) in [6, 6.07) is 5.51. The number of nitrogen functional groups attached to an aromatic ring is 1. The maximum absolute atomic E-state index is 12.1. The van der Waals surface area contributed by atoms with Crippen molar-refractivity contribution in [3.8, 4) is 0 Å². The van der Waals surface area contributed by atoms with E-state index in [0.717, 1.165) is 18.5 Å². The first-order chi connectivity index (χ1) is 7.72. The van der Waals surface area contributed by atoms with Gasteiger partial charge in [0.2, 0.25) is 0 Å². The van der Waals surface area contributed by atoms with Crippen LogP contribution in [0.5, 0.6) is 0 Å². The van der Waals surface area contributed by atoms with Crippen molar-refractivity contribution in [1.82, 2.24) is 4.90 Å². The number of fused-ring (bicyclic) bond motifs is 1. The maximum atomic E-state index is 12.1. The summed E-state index contributed by atoms with van der Waals surface area (Å²) < 4.78 is 0. The Kier molecular flexibility index (Phi) is 3.15. The predicted octanol–water partition coefficient (Wildman–Crippen LogP) is 2.02. The van der Waals surface area contributed by atoms with Gasteiger partial charge in [-0.15, -0.1) is 0 Å². The number of carbonyl (C=O) groups is 1. The number of nitrogens with two attached hydrogens (primary N) is 1. The average molecular weight is 237 g/mol. The molecule has 1 aromatic carbocycles. The summed E-state index contributed by atoms with van der Waals surface area (Å²) in [7, 11) is 0. The van der Waals surface area contributed by atoms with Crippen molar-refractivity contribution in [3.63, 3.8) is 0 Å². The van der Waals surface area contributed by atoms with Gasteiger partial charge in [-0.2, -0.15) is 0 Å². The van der Waals surface area contributed by atoms with Crippen LogP contribution < -0.4 is 5.73 Å². The Morgan fingerprint density at radius 1 is 1.50 bits per heavy atom. The summed E-state index contributed by atoms with van der Waals surface area (Å²) in [5, 5.41) is 0. The first kappa shape index (κ1) is 11.0. The minimum absolute atomic E-state index is 0.0308. The molecule has 0 unspecified atom stereocenters. The van der Waals surface area contributed by atoms with E-state index in [2.05, 4.69) is 0 Å². The highest BCUT2D eigenvalue weighted by atomic mass is 35.5. The van der Waals surface area contributed by atoms with Crippen molar-refractivity contribution >= 4 is 23.2 Å². The molecule has 84 valence electrons. The van der Waals surface area contributed by atoms with Crippen LogP contribution in [0, 0.1) is 0 Å². The summed E-state index contributed by atoms with van der Waals surface area (Å²) in [6.07, 6.45) is 2.63. The van der Waals surface area contributed by atoms with E-state index < -0.39 is 0 Å². The number of nitrogens with zero attached hydrogens (tertiary/aromatic N) is 1. The third-order valence-electron chi connectivity index (χ3n) is 2.72. The molecule has 3 nitrogen and oxygen atoms in total. The standard InChI is InChI=1S/C12H13ClN2O/c13-5-1-6-15-7-4-9-2-3-10(14)8-11(9)12(15)16/h1-3,5,8H,4,6-7,14H2/b5-1+. The SMILES string of the molecule is Nc1ccc2c(c1)C(=O)N(C/C=C/Cl)CC2. The van der Waals surface area contributed by atoms with Gasteiger partial charge < -0.3 is 10.6 Å². The zero-order chi connectivity index (χ0) is 11.5. The lowest BCUT2D eigenvalue weighted by atomic mass is 9.98. The van der Waals surface area contributed by atoms with Gasteiger partial charge in [0.25, 0.3) is 5.91 Å². The third-order valence-corrected chi connectivity index (χ3v) is 2.90. The van der Waals surface area contributed by atoms with Gasteiger partial charge >= 0.3 is 0 Å². The molecule has 0 radical (unpaired) electrons. The minimum Gasteiger partial charge on any atom is -0.399 e. The van der Waals surface area contributed by atoms with Crippen LogP contribution in [-0.2, 0) is 6.42 Å². The molecule has 0 aromatic heterocycles. The van der Waals surface area contributed by atoms with Gasteiger partial charge in [0.1, 0.15) is 0 Å². The van der Waals surface area contributed by atoms with Crippen molar-refractivity contribution < 1.29 is 4.79 Å². The molecule has 0 fully saturated rings. The summed E-state index contributed by atoms with van der Waals surface area (Å²) in [4.78, 5) is 13.8. The van der Waals surface area contributed by atoms with E-state index in [9.17, 15) is 4.79 Å². The molecule has 2 N–H and O–H groups in total. The first-order valence-corrected chi connectivity index (χ1v) is 5.59. The maximum Gasteiger partial charge on any atom is 0.254 e. The second-order valence-electron chi connectivity index (χ2n) is 3.78. The Labute approximate surface area is 99.5 Å². The lowest BCUT2D eigenvalue weighted by molar-refractivity contribution is 0.0759. The smallest absolute Gasteiger partial charge is 0.254 e. The fourth-order valence-corrected chi connectivity index (χ4v) is 1.96.